The molecular formula is C28H40N2O6. The molecule has 2 aromatic carbocycles. The first-order chi connectivity index (χ1) is 17.4. The van der Waals surface area contributed by atoms with Gasteiger partial charge in [0.2, 0.25) is 11.8 Å². The van der Waals surface area contributed by atoms with Crippen LogP contribution in [0.5, 0.6) is 0 Å². The molecule has 0 radical (unpaired) electrons. The third-order valence-electron chi connectivity index (χ3n) is 5.40. The molecule has 8 nitrogen and oxygen atoms in total. The third-order valence-corrected chi connectivity index (χ3v) is 5.40. The molecule has 0 bridgehead atoms. The van der Waals surface area contributed by atoms with Gasteiger partial charge in [0.05, 0.1) is 38.6 Å². The third kappa shape index (κ3) is 12.3. The van der Waals surface area contributed by atoms with Crippen LogP contribution < -0.4 is 10.6 Å². The number of carbonyl (C=O) groups excluding carboxylic acids is 2. The Hall–Kier alpha value is -2.78. The van der Waals surface area contributed by atoms with Crippen molar-refractivity contribution in [2.75, 3.05) is 38.1 Å². The molecule has 0 aliphatic heterocycles. The topological polar surface area (TPSA) is 95.1 Å². The van der Waals surface area contributed by atoms with Crippen LogP contribution in [0.15, 0.2) is 48.5 Å². The molecule has 0 saturated heterocycles. The number of anilines is 2. The van der Waals surface area contributed by atoms with Crippen LogP contribution in [0.4, 0.5) is 11.4 Å². The Kier molecular flexibility index (Phi) is 13.8. The Morgan fingerprint density at radius 2 is 1.03 bits per heavy atom. The number of ether oxygens (including phenoxy) is 4. The van der Waals surface area contributed by atoms with Gasteiger partial charge >= 0.3 is 0 Å². The molecule has 8 heteroatoms. The lowest BCUT2D eigenvalue weighted by Gasteiger charge is -2.12. The van der Waals surface area contributed by atoms with Crippen LogP contribution in [0.1, 0.15) is 50.7 Å². The average Bonchev–Trinajstić information content (AvgIpc) is 2.86. The molecule has 0 saturated carbocycles. The van der Waals surface area contributed by atoms with E-state index >= 15 is 0 Å². The monoisotopic (exact) mass is 500 g/mol. The summed E-state index contributed by atoms with van der Waals surface area (Å²) in [6, 6.07) is 15.2. The Labute approximate surface area is 214 Å². The summed E-state index contributed by atoms with van der Waals surface area (Å²) in [5.74, 6) is -0.128. The zero-order chi connectivity index (χ0) is 26.2. The molecule has 0 aromatic heterocycles. The number of amides is 2. The second kappa shape index (κ2) is 16.8. The second-order valence-corrected chi connectivity index (χ2v) is 8.85. The van der Waals surface area contributed by atoms with Gasteiger partial charge in [0, 0.05) is 38.4 Å². The lowest BCUT2D eigenvalue weighted by molar-refractivity contribution is -0.118. The lowest BCUT2D eigenvalue weighted by atomic mass is 10.1. The number of hydrogen-bond acceptors (Lipinski definition) is 6. The molecule has 0 aliphatic rings. The summed E-state index contributed by atoms with van der Waals surface area (Å²) >= 11 is 0. The van der Waals surface area contributed by atoms with Crippen LogP contribution in [0.2, 0.25) is 0 Å². The number of benzene rings is 2. The summed E-state index contributed by atoms with van der Waals surface area (Å²) in [6.45, 7) is 6.01. The molecule has 2 aromatic rings. The van der Waals surface area contributed by atoms with Gasteiger partial charge in [-0.05, 0) is 62.1 Å². The van der Waals surface area contributed by atoms with Crippen LogP contribution in [0, 0.1) is 0 Å². The van der Waals surface area contributed by atoms with Crippen LogP contribution in [-0.4, -0.2) is 51.5 Å². The van der Waals surface area contributed by atoms with E-state index in [9.17, 15) is 9.59 Å². The van der Waals surface area contributed by atoms with Crippen molar-refractivity contribution in [3.8, 4) is 0 Å². The van der Waals surface area contributed by atoms with Crippen molar-refractivity contribution in [3.63, 3.8) is 0 Å². The van der Waals surface area contributed by atoms with Gasteiger partial charge in [-0.25, -0.2) is 0 Å². The average molecular weight is 501 g/mol. The van der Waals surface area contributed by atoms with E-state index in [1.165, 1.54) is 0 Å². The van der Waals surface area contributed by atoms with Gasteiger partial charge in [-0.15, -0.1) is 0 Å². The minimum atomic E-state index is -0.0641. The van der Waals surface area contributed by atoms with Gasteiger partial charge in [-0.3, -0.25) is 9.59 Å². The van der Waals surface area contributed by atoms with E-state index < -0.39 is 0 Å². The number of hydrogen-bond donors (Lipinski definition) is 2. The van der Waals surface area contributed by atoms with Crippen molar-refractivity contribution >= 4 is 23.2 Å². The van der Waals surface area contributed by atoms with Crippen molar-refractivity contribution in [1.29, 1.82) is 0 Å². The fourth-order valence-electron chi connectivity index (χ4n) is 3.43. The summed E-state index contributed by atoms with van der Waals surface area (Å²) in [5.41, 5.74) is 3.55. The van der Waals surface area contributed by atoms with Crippen molar-refractivity contribution in [2.45, 2.75) is 65.0 Å². The quantitative estimate of drug-likeness (QED) is 0.299. The molecule has 2 unspecified atom stereocenters. The fourth-order valence-corrected chi connectivity index (χ4v) is 3.43. The van der Waals surface area contributed by atoms with Crippen molar-refractivity contribution in [1.82, 2.24) is 0 Å². The van der Waals surface area contributed by atoms with Crippen molar-refractivity contribution < 1.29 is 28.5 Å². The molecule has 2 amide bonds. The Morgan fingerprint density at radius 3 is 1.36 bits per heavy atom. The number of carbonyl (C=O) groups is 2. The first-order valence-corrected chi connectivity index (χ1v) is 12.4. The van der Waals surface area contributed by atoms with Crippen molar-refractivity contribution in [2.24, 2.45) is 0 Å². The smallest absolute Gasteiger partial charge is 0.224 e. The minimum Gasteiger partial charge on any atom is -0.382 e. The maximum atomic E-state index is 12.2. The highest BCUT2D eigenvalue weighted by Gasteiger charge is 2.07. The number of unbranched alkanes of at least 4 members (excludes halogenated alkanes) is 1. The molecule has 0 aliphatic carbocycles. The molecule has 36 heavy (non-hydrogen) atoms. The zero-order valence-corrected chi connectivity index (χ0v) is 21.9. The van der Waals surface area contributed by atoms with Crippen LogP contribution in [-0.2, 0) is 41.8 Å². The molecule has 2 N–H and O–H groups in total. The molecule has 2 atom stereocenters. The van der Waals surface area contributed by atoms with E-state index in [2.05, 4.69) is 10.6 Å². The van der Waals surface area contributed by atoms with Crippen LogP contribution in [0.3, 0.4) is 0 Å². The summed E-state index contributed by atoms with van der Waals surface area (Å²) < 4.78 is 21.5. The first kappa shape index (κ1) is 29.5. The largest absolute Gasteiger partial charge is 0.382 e. The van der Waals surface area contributed by atoms with E-state index in [-0.39, 0.29) is 24.0 Å². The molecule has 0 fully saturated rings. The maximum Gasteiger partial charge on any atom is 0.224 e. The predicted octanol–water partition coefficient (Wildman–Crippen LogP) is 4.93. The Balaban J connectivity index is 1.60. The Bertz CT molecular complexity index is 826. The van der Waals surface area contributed by atoms with E-state index in [1.54, 1.807) is 14.2 Å². The van der Waals surface area contributed by atoms with Gasteiger partial charge in [-0.2, -0.15) is 0 Å². The molecular weight excluding hydrogens is 460 g/mol. The van der Waals surface area contributed by atoms with E-state index in [0.29, 0.717) is 52.1 Å². The molecule has 0 heterocycles. The number of methoxy groups -OCH3 is 2. The summed E-state index contributed by atoms with van der Waals surface area (Å²) in [6.07, 6.45) is 2.05. The summed E-state index contributed by atoms with van der Waals surface area (Å²) in [5, 5.41) is 5.79. The highest BCUT2D eigenvalue weighted by molar-refractivity contribution is 5.91. The van der Waals surface area contributed by atoms with Gasteiger partial charge in [0.25, 0.3) is 0 Å². The lowest BCUT2D eigenvalue weighted by Crippen LogP contribution is -2.15. The van der Waals surface area contributed by atoms with E-state index in [1.807, 2.05) is 62.4 Å². The zero-order valence-electron chi connectivity index (χ0n) is 21.9. The highest BCUT2D eigenvalue weighted by atomic mass is 16.5. The standard InChI is InChI=1S/C28H40N2O6/c1-21(17-33-3)35-19-23-9-13-25(14-10-23)29-27(31)7-5-6-8-28(32)30-26-15-11-24(12-16-26)20-36-22(2)18-34-4/h9-16,21-22H,5-8,17-20H2,1-4H3,(H,29,31)(H,30,32). The van der Waals surface area contributed by atoms with Gasteiger partial charge in [-0.1, -0.05) is 24.3 Å². The fraction of sp³-hybridized carbons (Fsp3) is 0.500. The number of rotatable bonds is 17. The molecule has 198 valence electrons. The highest BCUT2D eigenvalue weighted by Crippen LogP contribution is 2.14. The minimum absolute atomic E-state index is 0.0254. The maximum absolute atomic E-state index is 12.2. The first-order valence-electron chi connectivity index (χ1n) is 12.4. The van der Waals surface area contributed by atoms with E-state index in [0.717, 1.165) is 22.5 Å². The molecule has 2 rings (SSSR count). The summed E-state index contributed by atoms with van der Waals surface area (Å²) in [7, 11) is 3.30. The normalized spacial score (nSPS) is 12.7. The van der Waals surface area contributed by atoms with Gasteiger partial charge < -0.3 is 29.6 Å². The Morgan fingerprint density at radius 1 is 0.667 bits per heavy atom. The van der Waals surface area contributed by atoms with Crippen LogP contribution in [0.25, 0.3) is 0 Å². The second-order valence-electron chi connectivity index (χ2n) is 8.85. The van der Waals surface area contributed by atoms with Crippen molar-refractivity contribution in [3.05, 3.63) is 59.7 Å². The number of nitrogens with one attached hydrogen (secondary N) is 2. The van der Waals surface area contributed by atoms with Crippen LogP contribution >= 0.6 is 0 Å². The van der Waals surface area contributed by atoms with Gasteiger partial charge in [0.1, 0.15) is 0 Å². The van der Waals surface area contributed by atoms with E-state index in [4.69, 9.17) is 18.9 Å². The SMILES string of the molecule is COCC(C)OCc1ccc(NC(=O)CCCCC(=O)Nc2ccc(COC(C)COC)cc2)cc1. The summed E-state index contributed by atoms with van der Waals surface area (Å²) in [4.78, 5) is 24.4. The molecule has 0 spiro atoms. The predicted molar refractivity (Wildman–Crippen MR) is 141 cm³/mol. The van der Waals surface area contributed by atoms with Gasteiger partial charge in [0.15, 0.2) is 0 Å².